The first kappa shape index (κ1) is 21.4. The van der Waals surface area contributed by atoms with Crippen molar-refractivity contribution in [3.8, 4) is 0 Å². The summed E-state index contributed by atoms with van der Waals surface area (Å²) in [5, 5.41) is 0. The summed E-state index contributed by atoms with van der Waals surface area (Å²) in [5.41, 5.74) is 0. The predicted octanol–water partition coefficient (Wildman–Crippen LogP) is 3.73. The lowest BCUT2D eigenvalue weighted by molar-refractivity contribution is -0.208. The van der Waals surface area contributed by atoms with Gasteiger partial charge in [-0.15, -0.1) is 0 Å². The van der Waals surface area contributed by atoms with E-state index in [0.717, 1.165) is 32.1 Å². The molecule has 1 spiro atoms. The quantitative estimate of drug-likeness (QED) is 0.350. The van der Waals surface area contributed by atoms with E-state index < -0.39 is 11.6 Å². The van der Waals surface area contributed by atoms with Crippen molar-refractivity contribution >= 4 is 5.97 Å². The molecule has 1 heterocycles. The van der Waals surface area contributed by atoms with Gasteiger partial charge < -0.3 is 23.7 Å². The molecule has 0 aromatic rings. The largest absolute Gasteiger partial charge is 0.469 e. The fraction of sp³-hybridized carbons (Fsp3) is 0.850. The maximum absolute atomic E-state index is 11.2. The first-order valence-corrected chi connectivity index (χ1v) is 9.68. The second-order valence-electron chi connectivity index (χ2n) is 7.49. The van der Waals surface area contributed by atoms with Gasteiger partial charge in [-0.25, -0.2) is 0 Å². The van der Waals surface area contributed by atoms with E-state index in [-0.39, 0.29) is 18.2 Å². The smallest absolute Gasteiger partial charge is 0.305 e. The Balaban J connectivity index is 1.91. The molecule has 6 nitrogen and oxygen atoms in total. The van der Waals surface area contributed by atoms with Crippen molar-refractivity contribution in [1.82, 2.24) is 0 Å². The second kappa shape index (κ2) is 9.83. The fourth-order valence-electron chi connectivity index (χ4n) is 3.42. The minimum absolute atomic E-state index is 0.0462. The van der Waals surface area contributed by atoms with Crippen LogP contribution in [0.15, 0.2) is 12.2 Å². The van der Waals surface area contributed by atoms with Crippen LogP contribution in [-0.2, 0) is 28.5 Å². The Morgan fingerprint density at radius 3 is 2.58 bits per heavy atom. The Labute approximate surface area is 157 Å². The van der Waals surface area contributed by atoms with E-state index in [1.54, 1.807) is 7.11 Å². The van der Waals surface area contributed by atoms with Crippen LogP contribution in [0, 0.1) is 0 Å². The number of ether oxygens (including phenoxy) is 5. The molecule has 2 rings (SSSR count). The summed E-state index contributed by atoms with van der Waals surface area (Å²) in [6, 6.07) is 0. The van der Waals surface area contributed by atoms with Crippen LogP contribution in [0.25, 0.3) is 0 Å². The Kier molecular flexibility index (Phi) is 8.07. The van der Waals surface area contributed by atoms with Crippen LogP contribution in [0.4, 0.5) is 0 Å². The van der Waals surface area contributed by atoms with Crippen molar-refractivity contribution in [2.75, 3.05) is 20.8 Å². The third-order valence-corrected chi connectivity index (χ3v) is 5.11. The summed E-state index contributed by atoms with van der Waals surface area (Å²) < 4.78 is 28.5. The third-order valence-electron chi connectivity index (χ3n) is 5.11. The fourth-order valence-corrected chi connectivity index (χ4v) is 3.42. The summed E-state index contributed by atoms with van der Waals surface area (Å²) in [5.74, 6) is -1.25. The molecule has 26 heavy (non-hydrogen) atoms. The van der Waals surface area contributed by atoms with Crippen molar-refractivity contribution in [2.24, 2.45) is 0 Å². The molecule has 2 fully saturated rings. The van der Waals surface area contributed by atoms with E-state index in [1.807, 2.05) is 26.0 Å². The van der Waals surface area contributed by atoms with E-state index in [4.69, 9.17) is 18.9 Å². The molecule has 0 aromatic heterocycles. The zero-order chi connectivity index (χ0) is 19.0. The molecule has 0 radical (unpaired) electrons. The molecule has 2 unspecified atom stereocenters. The topological polar surface area (TPSA) is 63.2 Å². The number of methoxy groups -OCH3 is 2. The van der Waals surface area contributed by atoms with Gasteiger partial charge in [-0.05, 0) is 33.1 Å². The highest BCUT2D eigenvalue weighted by Gasteiger charge is 2.46. The van der Waals surface area contributed by atoms with Crippen molar-refractivity contribution in [3.05, 3.63) is 12.2 Å². The number of carbonyl (C=O) groups is 1. The molecule has 6 heteroatoms. The van der Waals surface area contributed by atoms with Gasteiger partial charge in [0.05, 0.1) is 19.8 Å². The van der Waals surface area contributed by atoms with Crippen LogP contribution in [0.3, 0.4) is 0 Å². The predicted molar refractivity (Wildman–Crippen MR) is 97.6 cm³/mol. The number of allylic oxidation sites excluding steroid dienone is 1. The average molecular weight is 370 g/mol. The molecular weight excluding hydrogens is 336 g/mol. The summed E-state index contributed by atoms with van der Waals surface area (Å²) in [6.45, 7) is 4.33. The Morgan fingerprint density at radius 2 is 1.92 bits per heavy atom. The number of hydrogen-bond acceptors (Lipinski definition) is 6. The van der Waals surface area contributed by atoms with E-state index >= 15 is 0 Å². The van der Waals surface area contributed by atoms with Gasteiger partial charge in [0.25, 0.3) is 0 Å². The minimum atomic E-state index is -0.603. The summed E-state index contributed by atoms with van der Waals surface area (Å²) in [6.07, 6.45) is 11.0. The first-order valence-electron chi connectivity index (χ1n) is 9.68. The molecular formula is C20H34O6. The van der Waals surface area contributed by atoms with Gasteiger partial charge in [0.2, 0.25) is 0 Å². The van der Waals surface area contributed by atoms with E-state index in [9.17, 15) is 4.79 Å². The lowest BCUT2D eigenvalue weighted by atomic mass is 9.94. The average Bonchev–Trinajstić information content (AvgIpc) is 2.95. The van der Waals surface area contributed by atoms with Crippen LogP contribution in [0.5, 0.6) is 0 Å². The maximum atomic E-state index is 11.2. The number of esters is 1. The van der Waals surface area contributed by atoms with Crippen LogP contribution >= 0.6 is 0 Å². The summed E-state index contributed by atoms with van der Waals surface area (Å²) in [7, 11) is 3.05. The highest BCUT2D eigenvalue weighted by molar-refractivity contribution is 5.69. The Hall–Kier alpha value is -0.950. The summed E-state index contributed by atoms with van der Waals surface area (Å²) in [4.78, 5) is 11.2. The molecule has 0 bridgehead atoms. The van der Waals surface area contributed by atoms with Crippen molar-refractivity contribution < 1.29 is 28.5 Å². The van der Waals surface area contributed by atoms with Crippen molar-refractivity contribution in [2.45, 2.75) is 89.0 Å². The first-order chi connectivity index (χ1) is 12.4. The molecule has 150 valence electrons. The number of rotatable bonds is 9. The molecule has 0 N–H and O–H groups in total. The van der Waals surface area contributed by atoms with Crippen LogP contribution in [0.1, 0.15) is 65.2 Å². The molecule has 2 aliphatic rings. The van der Waals surface area contributed by atoms with Crippen LogP contribution in [0.2, 0.25) is 0 Å². The minimum Gasteiger partial charge on any atom is -0.469 e. The lowest BCUT2D eigenvalue weighted by Crippen LogP contribution is -2.33. The maximum Gasteiger partial charge on any atom is 0.305 e. The molecule has 1 saturated carbocycles. The van der Waals surface area contributed by atoms with Gasteiger partial charge in [0.1, 0.15) is 6.10 Å². The molecule has 1 aliphatic heterocycles. The standard InChI is InChI=1S/C20H34O6/c1-19(2,23-4)24-15-12-17-16(10-6-7-11-18(21)22-3)25-20(26-17)13-8-5-9-14-20/h6,10,16-17H,5,7-9,11-15H2,1-4H3/b10-6+. The molecule has 2 atom stereocenters. The van der Waals surface area contributed by atoms with Gasteiger partial charge in [-0.1, -0.05) is 18.6 Å². The Bertz CT molecular complexity index is 467. The normalized spacial score (nSPS) is 25.8. The van der Waals surface area contributed by atoms with E-state index in [1.165, 1.54) is 13.5 Å². The molecule has 1 saturated heterocycles. The van der Waals surface area contributed by atoms with Gasteiger partial charge >= 0.3 is 5.97 Å². The zero-order valence-corrected chi connectivity index (χ0v) is 16.6. The van der Waals surface area contributed by atoms with Gasteiger partial charge in [0.15, 0.2) is 11.6 Å². The van der Waals surface area contributed by atoms with E-state index in [0.29, 0.717) is 19.4 Å². The van der Waals surface area contributed by atoms with Gasteiger partial charge in [0, 0.05) is 32.8 Å². The molecule has 0 aromatic carbocycles. The van der Waals surface area contributed by atoms with Crippen molar-refractivity contribution in [1.29, 1.82) is 0 Å². The molecule has 0 amide bonds. The Morgan fingerprint density at radius 1 is 1.19 bits per heavy atom. The second-order valence-corrected chi connectivity index (χ2v) is 7.49. The number of carbonyl (C=O) groups excluding carboxylic acids is 1. The van der Waals surface area contributed by atoms with Gasteiger partial charge in [-0.3, -0.25) is 4.79 Å². The monoisotopic (exact) mass is 370 g/mol. The van der Waals surface area contributed by atoms with E-state index in [2.05, 4.69) is 4.74 Å². The molecule has 1 aliphatic carbocycles. The number of hydrogen-bond donors (Lipinski definition) is 0. The zero-order valence-electron chi connectivity index (χ0n) is 16.6. The van der Waals surface area contributed by atoms with Crippen LogP contribution < -0.4 is 0 Å². The SMILES string of the molecule is COC(=O)CC/C=C/C1OC2(CCCCC2)OC1CCOC(C)(C)OC. The van der Waals surface area contributed by atoms with Crippen LogP contribution in [-0.4, -0.2) is 50.6 Å². The summed E-state index contributed by atoms with van der Waals surface area (Å²) >= 11 is 0. The lowest BCUT2D eigenvalue weighted by Gasteiger charge is -2.32. The third kappa shape index (κ3) is 6.34. The highest BCUT2D eigenvalue weighted by atomic mass is 16.8. The highest BCUT2D eigenvalue weighted by Crippen LogP contribution is 2.41. The van der Waals surface area contributed by atoms with Gasteiger partial charge in [-0.2, -0.15) is 0 Å². The van der Waals surface area contributed by atoms with Crippen molar-refractivity contribution in [3.63, 3.8) is 0 Å².